The van der Waals surface area contributed by atoms with Gasteiger partial charge in [-0.3, -0.25) is 0 Å². The van der Waals surface area contributed by atoms with Crippen molar-refractivity contribution in [1.82, 2.24) is 4.90 Å². The van der Waals surface area contributed by atoms with Gasteiger partial charge in [0.05, 0.1) is 6.10 Å². The van der Waals surface area contributed by atoms with Crippen molar-refractivity contribution in [2.24, 2.45) is 17.6 Å². The SMILES string of the molecule is CC(C)C1C(O)C(CN)CCN1C. The molecule has 3 unspecified atom stereocenters. The second kappa shape index (κ2) is 4.40. The van der Waals surface area contributed by atoms with Gasteiger partial charge in [0.15, 0.2) is 0 Å². The number of nitrogens with two attached hydrogens (primary N) is 1. The van der Waals surface area contributed by atoms with Gasteiger partial charge in [0.1, 0.15) is 0 Å². The maximum Gasteiger partial charge on any atom is 0.0738 e. The molecule has 3 N–H and O–H groups in total. The van der Waals surface area contributed by atoms with Crippen molar-refractivity contribution in [2.45, 2.75) is 32.4 Å². The number of nitrogens with zero attached hydrogens (tertiary/aromatic N) is 1. The topological polar surface area (TPSA) is 49.5 Å². The van der Waals surface area contributed by atoms with Crippen molar-refractivity contribution in [3.8, 4) is 0 Å². The number of aliphatic hydroxyl groups excluding tert-OH is 1. The van der Waals surface area contributed by atoms with Crippen molar-refractivity contribution in [1.29, 1.82) is 0 Å². The lowest BCUT2D eigenvalue weighted by atomic mass is 9.83. The molecule has 0 radical (unpaired) electrons. The monoisotopic (exact) mass is 186 g/mol. The first-order valence-corrected chi connectivity index (χ1v) is 5.16. The minimum Gasteiger partial charge on any atom is -0.391 e. The minimum atomic E-state index is -0.247. The summed E-state index contributed by atoms with van der Waals surface area (Å²) in [5.41, 5.74) is 5.62. The minimum absolute atomic E-state index is 0.247. The van der Waals surface area contributed by atoms with Crippen LogP contribution in [0.4, 0.5) is 0 Å². The van der Waals surface area contributed by atoms with Crippen LogP contribution >= 0.6 is 0 Å². The third kappa shape index (κ3) is 2.22. The highest BCUT2D eigenvalue weighted by Gasteiger charge is 2.35. The fourth-order valence-corrected chi connectivity index (χ4v) is 2.39. The first-order valence-electron chi connectivity index (χ1n) is 5.16. The largest absolute Gasteiger partial charge is 0.391 e. The zero-order valence-corrected chi connectivity index (χ0v) is 8.90. The highest BCUT2D eigenvalue weighted by Crippen LogP contribution is 2.26. The zero-order valence-electron chi connectivity index (χ0n) is 8.90. The molecule has 0 bridgehead atoms. The Bertz CT molecular complexity index is 161. The third-order valence-electron chi connectivity index (χ3n) is 3.18. The molecule has 3 atom stereocenters. The summed E-state index contributed by atoms with van der Waals surface area (Å²) in [7, 11) is 2.08. The molecule has 0 saturated carbocycles. The van der Waals surface area contributed by atoms with Crippen molar-refractivity contribution >= 4 is 0 Å². The highest BCUT2D eigenvalue weighted by molar-refractivity contribution is 4.90. The van der Waals surface area contributed by atoms with E-state index in [2.05, 4.69) is 25.8 Å². The van der Waals surface area contributed by atoms with E-state index in [9.17, 15) is 5.11 Å². The quantitative estimate of drug-likeness (QED) is 0.651. The molecule has 78 valence electrons. The lowest BCUT2D eigenvalue weighted by Gasteiger charge is -2.43. The van der Waals surface area contributed by atoms with Crippen molar-refractivity contribution in [3.05, 3.63) is 0 Å². The second-order valence-electron chi connectivity index (χ2n) is 4.49. The van der Waals surface area contributed by atoms with E-state index in [1.807, 2.05) is 0 Å². The summed E-state index contributed by atoms with van der Waals surface area (Å²) >= 11 is 0. The smallest absolute Gasteiger partial charge is 0.0738 e. The average molecular weight is 186 g/mol. The molecule has 0 amide bonds. The molecule has 13 heavy (non-hydrogen) atoms. The van der Waals surface area contributed by atoms with Crippen LogP contribution in [0.15, 0.2) is 0 Å². The number of rotatable bonds is 2. The Hall–Kier alpha value is -0.120. The number of piperidine rings is 1. The van der Waals surface area contributed by atoms with Crippen LogP contribution in [0.2, 0.25) is 0 Å². The maximum atomic E-state index is 10.0. The molecule has 3 nitrogen and oxygen atoms in total. The molecule has 0 aromatic heterocycles. The van der Waals surface area contributed by atoms with Crippen molar-refractivity contribution in [3.63, 3.8) is 0 Å². The molecule has 1 heterocycles. The van der Waals surface area contributed by atoms with Crippen LogP contribution in [0.1, 0.15) is 20.3 Å². The molecule has 1 aliphatic heterocycles. The predicted octanol–water partition coefficient (Wildman–Crippen LogP) is 0.282. The molecule has 1 rings (SSSR count). The molecular weight excluding hydrogens is 164 g/mol. The van der Waals surface area contributed by atoms with E-state index in [0.29, 0.717) is 18.4 Å². The summed E-state index contributed by atoms with van der Waals surface area (Å²) < 4.78 is 0. The van der Waals surface area contributed by atoms with E-state index in [1.165, 1.54) is 0 Å². The van der Waals surface area contributed by atoms with E-state index >= 15 is 0 Å². The standard InChI is InChI=1S/C10H22N2O/c1-7(2)9-10(13)8(6-11)4-5-12(9)3/h7-10,13H,4-6,11H2,1-3H3. The molecule has 0 aliphatic carbocycles. The van der Waals surface area contributed by atoms with Gasteiger partial charge in [0, 0.05) is 6.04 Å². The van der Waals surface area contributed by atoms with E-state index in [4.69, 9.17) is 5.73 Å². The molecule has 0 spiro atoms. The zero-order chi connectivity index (χ0) is 10.0. The number of hydrogen-bond donors (Lipinski definition) is 2. The summed E-state index contributed by atoms with van der Waals surface area (Å²) in [5.74, 6) is 0.790. The summed E-state index contributed by atoms with van der Waals surface area (Å²) in [6.07, 6.45) is 0.779. The Kier molecular flexibility index (Phi) is 3.71. The Morgan fingerprint density at radius 1 is 1.54 bits per heavy atom. The summed E-state index contributed by atoms with van der Waals surface area (Å²) in [5, 5.41) is 10.0. The van der Waals surface area contributed by atoms with Crippen molar-refractivity contribution in [2.75, 3.05) is 20.1 Å². The third-order valence-corrected chi connectivity index (χ3v) is 3.18. The molecule has 0 aromatic rings. The number of likely N-dealkylation sites (N-methyl/N-ethyl adjacent to an activating group) is 1. The van der Waals surface area contributed by atoms with Crippen LogP contribution in [-0.4, -0.2) is 42.3 Å². The van der Waals surface area contributed by atoms with Gasteiger partial charge in [-0.25, -0.2) is 0 Å². The molecular formula is C10H22N2O. The molecule has 3 heteroatoms. The molecule has 1 fully saturated rings. The second-order valence-corrected chi connectivity index (χ2v) is 4.49. The Labute approximate surface area is 80.9 Å². The fraction of sp³-hybridized carbons (Fsp3) is 1.00. The van der Waals surface area contributed by atoms with Gasteiger partial charge < -0.3 is 15.7 Å². The first-order chi connectivity index (χ1) is 6.07. The lowest BCUT2D eigenvalue weighted by molar-refractivity contribution is -0.0346. The molecule has 1 saturated heterocycles. The highest BCUT2D eigenvalue weighted by atomic mass is 16.3. The van der Waals surface area contributed by atoms with Crippen molar-refractivity contribution < 1.29 is 5.11 Å². The Balaban J connectivity index is 2.66. The van der Waals surface area contributed by atoms with Gasteiger partial charge in [-0.2, -0.15) is 0 Å². The van der Waals surface area contributed by atoms with Gasteiger partial charge in [0.25, 0.3) is 0 Å². The van der Waals surface area contributed by atoms with Gasteiger partial charge in [-0.15, -0.1) is 0 Å². The van der Waals surface area contributed by atoms with E-state index in [0.717, 1.165) is 13.0 Å². The maximum absolute atomic E-state index is 10.0. The summed E-state index contributed by atoms with van der Waals surface area (Å²) in [6.45, 7) is 5.98. The van der Waals surface area contributed by atoms with Crippen LogP contribution in [0.3, 0.4) is 0 Å². The van der Waals surface area contributed by atoms with E-state index in [1.54, 1.807) is 0 Å². The van der Waals surface area contributed by atoms with Crippen LogP contribution in [-0.2, 0) is 0 Å². The normalized spacial score (nSPS) is 36.9. The van der Waals surface area contributed by atoms with Gasteiger partial charge >= 0.3 is 0 Å². The number of likely N-dealkylation sites (tertiary alicyclic amines) is 1. The van der Waals surface area contributed by atoms with Gasteiger partial charge in [0.2, 0.25) is 0 Å². The van der Waals surface area contributed by atoms with E-state index < -0.39 is 0 Å². The lowest BCUT2D eigenvalue weighted by Crippen LogP contribution is -2.54. The van der Waals surface area contributed by atoms with Crippen LogP contribution < -0.4 is 5.73 Å². The predicted molar refractivity (Wildman–Crippen MR) is 54.4 cm³/mol. The number of aliphatic hydroxyl groups is 1. The molecule has 0 aromatic carbocycles. The summed E-state index contributed by atoms with van der Waals surface area (Å²) in [6, 6.07) is 0.280. The van der Waals surface area contributed by atoms with E-state index in [-0.39, 0.29) is 12.1 Å². The van der Waals surface area contributed by atoms with Crippen LogP contribution in [0, 0.1) is 11.8 Å². The summed E-state index contributed by atoms with van der Waals surface area (Å²) in [4.78, 5) is 2.25. The van der Waals surface area contributed by atoms with Crippen LogP contribution in [0.25, 0.3) is 0 Å². The Morgan fingerprint density at radius 2 is 2.15 bits per heavy atom. The fourth-order valence-electron chi connectivity index (χ4n) is 2.39. The average Bonchev–Trinajstić information content (AvgIpc) is 2.04. The van der Waals surface area contributed by atoms with Gasteiger partial charge in [-0.05, 0) is 38.4 Å². The van der Waals surface area contributed by atoms with Gasteiger partial charge in [-0.1, -0.05) is 13.8 Å². The number of hydrogen-bond acceptors (Lipinski definition) is 3. The Morgan fingerprint density at radius 3 is 2.62 bits per heavy atom. The van der Waals surface area contributed by atoms with Crippen LogP contribution in [0.5, 0.6) is 0 Å². The molecule has 1 aliphatic rings. The first kappa shape index (κ1) is 11.0.